The molecule has 1 aliphatic rings. The van der Waals surface area contributed by atoms with Crippen molar-refractivity contribution in [2.24, 2.45) is 4.99 Å². The Morgan fingerprint density at radius 2 is 1.96 bits per heavy atom. The zero-order valence-electron chi connectivity index (χ0n) is 15.0. The van der Waals surface area contributed by atoms with E-state index in [2.05, 4.69) is 27.6 Å². The van der Waals surface area contributed by atoms with Crippen LogP contribution in [0.2, 0.25) is 0 Å². The largest absolute Gasteiger partial charge is 0.416 e. The van der Waals surface area contributed by atoms with Crippen LogP contribution < -0.4 is 10.6 Å². The maximum absolute atomic E-state index is 12.6. The SMILES string of the molecule is CCNC(=NCc1ccc(C(F)(F)F)cc1)NCC1CN(C)CCO1.I. The van der Waals surface area contributed by atoms with Crippen LogP contribution in [-0.4, -0.2) is 56.8 Å². The first kappa shape index (κ1) is 23.0. The van der Waals surface area contributed by atoms with Crippen molar-refractivity contribution in [1.29, 1.82) is 0 Å². The van der Waals surface area contributed by atoms with Crippen molar-refractivity contribution < 1.29 is 17.9 Å². The van der Waals surface area contributed by atoms with Gasteiger partial charge in [0, 0.05) is 26.2 Å². The molecule has 1 fully saturated rings. The number of halogens is 4. The fourth-order valence-corrected chi connectivity index (χ4v) is 2.51. The topological polar surface area (TPSA) is 48.9 Å². The van der Waals surface area contributed by atoms with Gasteiger partial charge in [-0.05, 0) is 31.7 Å². The predicted octanol–water partition coefficient (Wildman–Crippen LogP) is 2.71. The van der Waals surface area contributed by atoms with Gasteiger partial charge in [0.2, 0.25) is 0 Å². The molecule has 2 N–H and O–H groups in total. The van der Waals surface area contributed by atoms with E-state index < -0.39 is 11.7 Å². The van der Waals surface area contributed by atoms with Crippen LogP contribution in [0.5, 0.6) is 0 Å². The zero-order valence-corrected chi connectivity index (χ0v) is 17.3. The third kappa shape index (κ3) is 7.67. The Morgan fingerprint density at radius 3 is 2.54 bits per heavy atom. The van der Waals surface area contributed by atoms with Crippen molar-refractivity contribution in [3.8, 4) is 0 Å². The number of hydrogen-bond acceptors (Lipinski definition) is 3. The van der Waals surface area contributed by atoms with Crippen LogP contribution in [0, 0.1) is 0 Å². The van der Waals surface area contributed by atoms with Crippen LogP contribution in [0.3, 0.4) is 0 Å². The lowest BCUT2D eigenvalue weighted by molar-refractivity contribution is -0.137. The van der Waals surface area contributed by atoms with Crippen LogP contribution in [0.15, 0.2) is 29.3 Å². The van der Waals surface area contributed by atoms with Crippen molar-refractivity contribution in [3.05, 3.63) is 35.4 Å². The number of alkyl halides is 3. The van der Waals surface area contributed by atoms with Crippen LogP contribution in [0.1, 0.15) is 18.1 Å². The predicted molar refractivity (Wildman–Crippen MR) is 107 cm³/mol. The van der Waals surface area contributed by atoms with Crippen LogP contribution in [0.4, 0.5) is 13.2 Å². The van der Waals surface area contributed by atoms with Gasteiger partial charge in [0.05, 0.1) is 24.8 Å². The molecule has 0 amide bonds. The van der Waals surface area contributed by atoms with Gasteiger partial charge >= 0.3 is 6.18 Å². The molecule has 5 nitrogen and oxygen atoms in total. The van der Waals surface area contributed by atoms with Crippen LogP contribution in [0.25, 0.3) is 0 Å². The quantitative estimate of drug-likeness (QED) is 0.382. The molecule has 0 saturated carbocycles. The van der Waals surface area contributed by atoms with E-state index in [-0.39, 0.29) is 30.1 Å². The molecule has 1 heterocycles. The standard InChI is InChI=1S/C17H25F3N4O.HI/c1-3-21-16(23-11-15-12-24(2)8-9-25-15)22-10-13-4-6-14(7-5-13)17(18,19)20;/h4-7,15H,3,8-12H2,1-2H3,(H2,21,22,23);1H. The highest BCUT2D eigenvalue weighted by Gasteiger charge is 2.29. The third-order valence-corrected chi connectivity index (χ3v) is 3.88. The van der Waals surface area contributed by atoms with Gasteiger partial charge in [-0.25, -0.2) is 4.99 Å². The lowest BCUT2D eigenvalue weighted by Gasteiger charge is -2.30. The summed E-state index contributed by atoms with van der Waals surface area (Å²) in [5.74, 6) is 0.624. The van der Waals surface area contributed by atoms with E-state index in [9.17, 15) is 13.2 Å². The molecule has 0 radical (unpaired) electrons. The average Bonchev–Trinajstić information content (AvgIpc) is 2.57. The van der Waals surface area contributed by atoms with Crippen LogP contribution >= 0.6 is 24.0 Å². The van der Waals surface area contributed by atoms with Crippen molar-refractivity contribution >= 4 is 29.9 Å². The number of aliphatic imine (C=N–C) groups is 1. The van der Waals surface area contributed by atoms with Gasteiger partial charge in [-0.2, -0.15) is 13.2 Å². The molecule has 9 heteroatoms. The number of nitrogens with zero attached hydrogens (tertiary/aromatic N) is 2. The van der Waals surface area contributed by atoms with Crippen molar-refractivity contribution in [2.75, 3.05) is 39.8 Å². The zero-order chi connectivity index (χ0) is 18.3. The molecule has 0 aliphatic carbocycles. The minimum absolute atomic E-state index is 0. The van der Waals surface area contributed by atoms with E-state index in [0.717, 1.165) is 30.8 Å². The Bertz CT molecular complexity index is 566. The number of rotatable bonds is 5. The number of benzene rings is 1. The molecular weight excluding hydrogens is 460 g/mol. The molecule has 1 saturated heterocycles. The Hall–Kier alpha value is -1.07. The molecule has 2 rings (SSSR count). The molecule has 1 aromatic carbocycles. The molecule has 1 unspecified atom stereocenters. The minimum atomic E-state index is -4.31. The minimum Gasteiger partial charge on any atom is -0.374 e. The molecule has 26 heavy (non-hydrogen) atoms. The maximum Gasteiger partial charge on any atom is 0.416 e. The van der Waals surface area contributed by atoms with Crippen molar-refractivity contribution in [1.82, 2.24) is 15.5 Å². The highest BCUT2D eigenvalue weighted by molar-refractivity contribution is 14.0. The summed E-state index contributed by atoms with van der Waals surface area (Å²) in [5.41, 5.74) is 0.0719. The van der Waals surface area contributed by atoms with Gasteiger partial charge in [-0.3, -0.25) is 0 Å². The fourth-order valence-electron chi connectivity index (χ4n) is 2.51. The smallest absolute Gasteiger partial charge is 0.374 e. The van der Waals surface area contributed by atoms with E-state index in [0.29, 0.717) is 32.2 Å². The molecular formula is C17H26F3IN4O. The summed E-state index contributed by atoms with van der Waals surface area (Å²) in [6.45, 7) is 6.08. The molecule has 0 aromatic heterocycles. The van der Waals surface area contributed by atoms with Gasteiger partial charge in [-0.15, -0.1) is 24.0 Å². The molecule has 1 aromatic rings. The maximum atomic E-state index is 12.6. The van der Waals surface area contributed by atoms with Gasteiger partial charge in [0.15, 0.2) is 5.96 Å². The highest BCUT2D eigenvalue weighted by atomic mass is 127. The number of hydrogen-bond donors (Lipinski definition) is 2. The Balaban J connectivity index is 0.00000338. The summed E-state index contributed by atoms with van der Waals surface area (Å²) >= 11 is 0. The second-order valence-electron chi connectivity index (χ2n) is 6.03. The summed E-state index contributed by atoms with van der Waals surface area (Å²) in [4.78, 5) is 6.63. The lowest BCUT2D eigenvalue weighted by Crippen LogP contribution is -2.48. The monoisotopic (exact) mass is 486 g/mol. The number of ether oxygens (including phenoxy) is 1. The van der Waals surface area contributed by atoms with E-state index in [1.54, 1.807) is 0 Å². The molecule has 1 aliphatic heterocycles. The van der Waals surface area contributed by atoms with Gasteiger partial charge in [0.1, 0.15) is 0 Å². The second kappa shape index (κ2) is 10.9. The van der Waals surface area contributed by atoms with Gasteiger partial charge < -0.3 is 20.3 Å². The number of nitrogens with one attached hydrogen (secondary N) is 2. The summed E-state index contributed by atoms with van der Waals surface area (Å²) in [6.07, 6.45) is -4.22. The first-order valence-corrected chi connectivity index (χ1v) is 8.37. The van der Waals surface area contributed by atoms with E-state index in [1.165, 1.54) is 12.1 Å². The summed E-state index contributed by atoms with van der Waals surface area (Å²) in [7, 11) is 2.05. The fraction of sp³-hybridized carbons (Fsp3) is 0.588. The number of likely N-dealkylation sites (N-methyl/N-ethyl adjacent to an activating group) is 1. The molecule has 1 atom stereocenters. The molecule has 0 bridgehead atoms. The first-order chi connectivity index (χ1) is 11.9. The van der Waals surface area contributed by atoms with Crippen molar-refractivity contribution in [2.45, 2.75) is 25.7 Å². The number of guanidine groups is 1. The summed E-state index contributed by atoms with van der Waals surface area (Å²) in [6, 6.07) is 5.07. The average molecular weight is 486 g/mol. The van der Waals surface area contributed by atoms with Crippen molar-refractivity contribution in [3.63, 3.8) is 0 Å². The van der Waals surface area contributed by atoms with E-state index >= 15 is 0 Å². The van der Waals surface area contributed by atoms with Gasteiger partial charge in [0.25, 0.3) is 0 Å². The van der Waals surface area contributed by atoms with Crippen LogP contribution in [-0.2, 0) is 17.5 Å². The number of morpholine rings is 1. The highest BCUT2D eigenvalue weighted by Crippen LogP contribution is 2.29. The third-order valence-electron chi connectivity index (χ3n) is 3.88. The van der Waals surface area contributed by atoms with E-state index in [4.69, 9.17) is 4.74 Å². The Kier molecular flexibility index (Phi) is 9.66. The normalized spacial score (nSPS) is 19.0. The Labute approximate surface area is 169 Å². The summed E-state index contributed by atoms with van der Waals surface area (Å²) < 4.78 is 43.4. The first-order valence-electron chi connectivity index (χ1n) is 8.37. The lowest BCUT2D eigenvalue weighted by atomic mass is 10.1. The Morgan fingerprint density at radius 1 is 1.27 bits per heavy atom. The second-order valence-corrected chi connectivity index (χ2v) is 6.03. The van der Waals surface area contributed by atoms with Gasteiger partial charge in [-0.1, -0.05) is 12.1 Å². The molecule has 148 valence electrons. The summed E-state index contributed by atoms with van der Waals surface area (Å²) in [5, 5.41) is 6.35. The molecule has 0 spiro atoms. The van der Waals surface area contributed by atoms with E-state index in [1.807, 2.05) is 6.92 Å².